The van der Waals surface area contributed by atoms with E-state index in [0.717, 1.165) is 5.56 Å². The molecule has 3 N–H and O–H groups in total. The molecule has 2 aromatic heterocycles. The molecule has 0 saturated heterocycles. The molecular weight excluding hydrogens is 274 g/mol. The summed E-state index contributed by atoms with van der Waals surface area (Å²) in [5.74, 6) is -0.198. The Morgan fingerprint density at radius 1 is 1.14 bits per heavy atom. The minimum absolute atomic E-state index is 0.0637. The molecule has 0 bridgehead atoms. The van der Waals surface area contributed by atoms with Gasteiger partial charge < -0.3 is 5.32 Å². The molecule has 21 heavy (non-hydrogen) atoms. The number of benzene rings is 1. The Kier molecular flexibility index (Phi) is 2.79. The van der Waals surface area contributed by atoms with E-state index in [1.165, 1.54) is 6.92 Å². The predicted molar refractivity (Wildman–Crippen MR) is 77.3 cm³/mol. The monoisotopic (exact) mass is 285 g/mol. The molecule has 106 valence electrons. The number of nitrogens with zero attached hydrogens (tertiary/aromatic N) is 2. The van der Waals surface area contributed by atoms with Crippen LogP contribution in [-0.2, 0) is 4.79 Å². The fraction of sp³-hybridized carbons (Fsp3) is 0.154. The highest BCUT2D eigenvalue weighted by molar-refractivity contribution is 5.94. The van der Waals surface area contributed by atoms with Crippen molar-refractivity contribution in [3.63, 3.8) is 0 Å². The van der Waals surface area contributed by atoms with Gasteiger partial charge in [0.1, 0.15) is 0 Å². The average Bonchev–Trinajstić information content (AvgIpc) is 2.37. The van der Waals surface area contributed by atoms with Crippen LogP contribution in [0.1, 0.15) is 12.5 Å². The Bertz CT molecular complexity index is 1000. The molecule has 0 spiro atoms. The van der Waals surface area contributed by atoms with Gasteiger partial charge in [-0.05, 0) is 24.6 Å². The molecule has 0 radical (unpaired) electrons. The third-order valence-electron chi connectivity index (χ3n) is 3.00. The lowest BCUT2D eigenvalue weighted by molar-refractivity contribution is -0.114. The molecule has 0 saturated carbocycles. The standard InChI is InChI=1S/C13H11N5O3/c1-5-3-8-9(4-7(5)14-6(2)19)16-11-10(15-8)12(20)18-13(21)17-11/h3-4H,1-2H3,(H,14,19)(H2,16,17,18,20,21). The van der Waals surface area contributed by atoms with Gasteiger partial charge in [-0.2, -0.15) is 0 Å². The lowest BCUT2D eigenvalue weighted by atomic mass is 10.1. The molecule has 0 unspecified atom stereocenters. The Balaban J connectivity index is 2.35. The summed E-state index contributed by atoms with van der Waals surface area (Å²) in [4.78, 5) is 47.1. The van der Waals surface area contributed by atoms with Crippen molar-refractivity contribution in [2.75, 3.05) is 5.32 Å². The van der Waals surface area contributed by atoms with Crippen LogP contribution in [0.15, 0.2) is 21.7 Å². The number of aromatic amines is 2. The lowest BCUT2D eigenvalue weighted by Gasteiger charge is -2.08. The second-order valence-corrected chi connectivity index (χ2v) is 4.67. The third kappa shape index (κ3) is 2.27. The van der Waals surface area contributed by atoms with Gasteiger partial charge in [0.05, 0.1) is 11.0 Å². The SMILES string of the molecule is CC(=O)Nc1cc2nc3[nH]c(=O)[nH]c(=O)c3nc2cc1C. The van der Waals surface area contributed by atoms with Gasteiger partial charge in [0, 0.05) is 12.6 Å². The quantitative estimate of drug-likeness (QED) is 0.560. The minimum Gasteiger partial charge on any atom is -0.326 e. The fourth-order valence-electron chi connectivity index (χ4n) is 2.08. The van der Waals surface area contributed by atoms with Crippen LogP contribution in [0.5, 0.6) is 0 Å². The molecule has 1 amide bonds. The van der Waals surface area contributed by atoms with Crippen molar-refractivity contribution in [3.05, 3.63) is 38.5 Å². The van der Waals surface area contributed by atoms with E-state index in [9.17, 15) is 14.4 Å². The van der Waals surface area contributed by atoms with E-state index in [1.807, 2.05) is 6.92 Å². The van der Waals surface area contributed by atoms with Crippen molar-refractivity contribution in [1.82, 2.24) is 19.9 Å². The molecule has 2 heterocycles. The number of rotatable bonds is 1. The number of carbonyl (C=O) groups excluding carboxylic acids is 1. The fourth-order valence-corrected chi connectivity index (χ4v) is 2.08. The number of aryl methyl sites for hydroxylation is 1. The molecule has 0 fully saturated rings. The van der Waals surface area contributed by atoms with Crippen LogP contribution in [0, 0.1) is 6.92 Å². The number of anilines is 1. The summed E-state index contributed by atoms with van der Waals surface area (Å²) in [6.45, 7) is 3.22. The Labute approximate surface area is 117 Å². The molecule has 8 nitrogen and oxygen atoms in total. The van der Waals surface area contributed by atoms with Gasteiger partial charge in [-0.15, -0.1) is 0 Å². The summed E-state index contributed by atoms with van der Waals surface area (Å²) in [6, 6.07) is 3.37. The highest BCUT2D eigenvalue weighted by Gasteiger charge is 2.09. The number of H-pyrrole nitrogens is 2. The first kappa shape index (κ1) is 13.0. The summed E-state index contributed by atoms with van der Waals surface area (Å²) in [5.41, 5.74) is 1.32. The highest BCUT2D eigenvalue weighted by Crippen LogP contribution is 2.21. The maximum atomic E-state index is 11.7. The van der Waals surface area contributed by atoms with Gasteiger partial charge in [-0.25, -0.2) is 14.8 Å². The number of aromatic nitrogens is 4. The smallest absolute Gasteiger partial charge is 0.326 e. The summed E-state index contributed by atoms with van der Waals surface area (Å²) in [7, 11) is 0. The van der Waals surface area contributed by atoms with E-state index in [1.54, 1.807) is 12.1 Å². The lowest BCUT2D eigenvalue weighted by Crippen LogP contribution is -2.23. The first-order chi connectivity index (χ1) is 9.94. The van der Waals surface area contributed by atoms with E-state index in [2.05, 4.69) is 25.3 Å². The zero-order valence-corrected chi connectivity index (χ0v) is 11.3. The maximum Gasteiger partial charge on any atom is 0.327 e. The molecule has 0 aliphatic heterocycles. The number of fused-ring (bicyclic) bond motifs is 2. The third-order valence-corrected chi connectivity index (χ3v) is 3.00. The van der Waals surface area contributed by atoms with Crippen molar-refractivity contribution >= 4 is 33.8 Å². The van der Waals surface area contributed by atoms with Crippen molar-refractivity contribution in [1.29, 1.82) is 0 Å². The van der Waals surface area contributed by atoms with Crippen molar-refractivity contribution < 1.29 is 4.79 Å². The molecular formula is C13H11N5O3. The highest BCUT2D eigenvalue weighted by atomic mass is 16.2. The normalized spacial score (nSPS) is 11.0. The molecule has 0 aliphatic rings. The number of nitrogens with one attached hydrogen (secondary N) is 3. The molecule has 3 rings (SSSR count). The summed E-state index contributed by atoms with van der Waals surface area (Å²) in [6.07, 6.45) is 0. The largest absolute Gasteiger partial charge is 0.327 e. The van der Waals surface area contributed by atoms with Crippen LogP contribution in [0.4, 0.5) is 5.69 Å². The molecule has 3 aromatic rings. The molecule has 1 aromatic carbocycles. The maximum absolute atomic E-state index is 11.7. The van der Waals surface area contributed by atoms with Gasteiger partial charge in [-0.1, -0.05) is 0 Å². The van der Waals surface area contributed by atoms with E-state index < -0.39 is 11.2 Å². The summed E-state index contributed by atoms with van der Waals surface area (Å²) >= 11 is 0. The molecule has 8 heteroatoms. The van der Waals surface area contributed by atoms with Crippen LogP contribution < -0.4 is 16.6 Å². The zero-order chi connectivity index (χ0) is 15.1. The second kappa shape index (κ2) is 4.51. The van der Waals surface area contributed by atoms with Crippen LogP contribution in [-0.4, -0.2) is 25.8 Å². The van der Waals surface area contributed by atoms with Crippen molar-refractivity contribution in [2.24, 2.45) is 0 Å². The second-order valence-electron chi connectivity index (χ2n) is 4.67. The number of carbonyl (C=O) groups is 1. The Morgan fingerprint density at radius 3 is 2.57 bits per heavy atom. The van der Waals surface area contributed by atoms with Gasteiger partial charge in [0.15, 0.2) is 11.2 Å². The van der Waals surface area contributed by atoms with Gasteiger partial charge in [-0.3, -0.25) is 19.6 Å². The van der Waals surface area contributed by atoms with Gasteiger partial charge >= 0.3 is 5.69 Å². The van der Waals surface area contributed by atoms with E-state index in [-0.39, 0.29) is 17.1 Å². The minimum atomic E-state index is -0.643. The summed E-state index contributed by atoms with van der Waals surface area (Å²) < 4.78 is 0. The topological polar surface area (TPSA) is 121 Å². The van der Waals surface area contributed by atoms with Crippen LogP contribution in [0.3, 0.4) is 0 Å². The first-order valence-corrected chi connectivity index (χ1v) is 6.16. The number of hydrogen-bond donors (Lipinski definition) is 3. The summed E-state index contributed by atoms with van der Waals surface area (Å²) in [5, 5.41) is 2.69. The average molecular weight is 285 g/mol. The van der Waals surface area contributed by atoms with Crippen LogP contribution in [0.2, 0.25) is 0 Å². The van der Waals surface area contributed by atoms with E-state index in [0.29, 0.717) is 16.7 Å². The van der Waals surface area contributed by atoms with Crippen molar-refractivity contribution in [2.45, 2.75) is 13.8 Å². The molecule has 0 atom stereocenters. The van der Waals surface area contributed by atoms with Crippen LogP contribution >= 0.6 is 0 Å². The molecule has 0 aliphatic carbocycles. The van der Waals surface area contributed by atoms with Gasteiger partial charge in [0.2, 0.25) is 5.91 Å². The van der Waals surface area contributed by atoms with Gasteiger partial charge in [0.25, 0.3) is 5.56 Å². The first-order valence-electron chi connectivity index (χ1n) is 6.16. The Hall–Kier alpha value is -3.03. The van der Waals surface area contributed by atoms with E-state index in [4.69, 9.17) is 0 Å². The van der Waals surface area contributed by atoms with E-state index >= 15 is 0 Å². The Morgan fingerprint density at radius 2 is 1.86 bits per heavy atom. The number of amides is 1. The van der Waals surface area contributed by atoms with Crippen LogP contribution in [0.25, 0.3) is 22.2 Å². The zero-order valence-electron chi connectivity index (χ0n) is 11.3. The van der Waals surface area contributed by atoms with Crippen molar-refractivity contribution in [3.8, 4) is 0 Å². The number of hydrogen-bond acceptors (Lipinski definition) is 5. The predicted octanol–water partition coefficient (Wildman–Crippen LogP) is 0.426.